The molecule has 0 aliphatic carbocycles. The number of carbonyl (C=O) groups is 1. The summed E-state index contributed by atoms with van der Waals surface area (Å²) in [5.41, 5.74) is 3.00. The van der Waals surface area contributed by atoms with Gasteiger partial charge in [-0.2, -0.15) is 17.8 Å². The third-order valence-corrected chi connectivity index (χ3v) is 3.77. The molecule has 3 rings (SSSR count). The van der Waals surface area contributed by atoms with Gasteiger partial charge in [-0.15, -0.1) is 0 Å². The first-order valence-electron chi connectivity index (χ1n) is 6.38. The molecule has 1 amide bonds. The predicted octanol–water partition coefficient (Wildman–Crippen LogP) is 4.43. The summed E-state index contributed by atoms with van der Waals surface area (Å²) in [4.78, 5) is 18.9. The fourth-order valence-electron chi connectivity index (χ4n) is 2.05. The summed E-state index contributed by atoms with van der Waals surface area (Å²) in [6, 6.07) is 5.87. The van der Waals surface area contributed by atoms with Crippen molar-refractivity contribution in [1.82, 2.24) is 9.97 Å². The minimum Gasteiger partial charge on any atom is -0.645 e. The van der Waals surface area contributed by atoms with Crippen molar-refractivity contribution in [3.8, 4) is 11.1 Å². The van der Waals surface area contributed by atoms with Crippen molar-refractivity contribution in [2.45, 2.75) is 13.3 Å². The summed E-state index contributed by atoms with van der Waals surface area (Å²) in [6.07, 6.45) is 5.98. The average molecular weight is 461 g/mol. The smallest absolute Gasteiger partial charge is 0.137 e. The van der Waals surface area contributed by atoms with Crippen LogP contribution in [0.4, 0.5) is 5.00 Å². The van der Waals surface area contributed by atoms with Gasteiger partial charge in [-0.25, -0.2) is 4.98 Å². The van der Waals surface area contributed by atoms with Crippen molar-refractivity contribution in [3.05, 3.63) is 47.7 Å². The summed E-state index contributed by atoms with van der Waals surface area (Å²) in [5, 5.41) is 7.87. The summed E-state index contributed by atoms with van der Waals surface area (Å²) in [5.74, 6) is -0.179. The van der Waals surface area contributed by atoms with Gasteiger partial charge in [0.1, 0.15) is 5.65 Å². The van der Waals surface area contributed by atoms with Gasteiger partial charge in [0, 0.05) is 88.8 Å². The average Bonchev–Trinajstić information content (AvgIpc) is 3.05. The van der Waals surface area contributed by atoms with E-state index in [1.807, 2.05) is 36.7 Å². The minimum atomic E-state index is -0.179. The van der Waals surface area contributed by atoms with Crippen LogP contribution in [0.2, 0.25) is 0 Å². The van der Waals surface area contributed by atoms with E-state index in [1.165, 1.54) is 11.3 Å². The number of nitrogens with one attached hydrogen (secondary N) is 1. The third-order valence-electron chi connectivity index (χ3n) is 2.95. The second-order valence-electron chi connectivity index (χ2n) is 4.34. The molecule has 0 aliphatic rings. The van der Waals surface area contributed by atoms with Crippen LogP contribution in [-0.2, 0) is 70.2 Å². The van der Waals surface area contributed by atoms with Crippen molar-refractivity contribution in [2.24, 2.45) is 0 Å². The topological polar surface area (TPSA) is 59.9 Å². The van der Waals surface area contributed by atoms with Crippen LogP contribution in [0.5, 0.6) is 0 Å². The molecule has 0 unspecified atom stereocenters. The van der Waals surface area contributed by atoms with E-state index in [2.05, 4.69) is 15.3 Å². The molecule has 1 N–H and O–H groups in total. The first-order valence-corrected chi connectivity index (χ1v) is 7.26. The first-order chi connectivity index (χ1) is 9.78. The molecule has 22 heavy (non-hydrogen) atoms. The number of aromatic nitrogens is 2. The van der Waals surface area contributed by atoms with Gasteiger partial charge in [0.2, 0.25) is 0 Å². The molecule has 0 aliphatic heterocycles. The monoisotopic (exact) mass is 461 g/mol. The first kappa shape index (κ1) is 20.0. The molecule has 0 aromatic carbocycles. The Balaban J connectivity index is 0.00000121. The molecule has 108 valence electrons. The maximum Gasteiger partial charge on any atom is 0.137 e. The van der Waals surface area contributed by atoms with Crippen molar-refractivity contribution in [1.29, 1.82) is 0 Å². The number of amides is 1. The van der Waals surface area contributed by atoms with E-state index in [0.717, 1.165) is 27.2 Å². The number of hydrogen-bond donors (Lipinski definition) is 1. The zero-order chi connectivity index (χ0) is 13.9. The molecular weight excluding hydrogens is 448 g/mol. The van der Waals surface area contributed by atoms with Gasteiger partial charge in [-0.1, -0.05) is 23.9 Å². The number of aromatic amines is 1. The third kappa shape index (κ3) is 4.48. The fourth-order valence-corrected chi connectivity index (χ4v) is 2.83. The molecule has 0 atom stereocenters. The summed E-state index contributed by atoms with van der Waals surface area (Å²) in [6.45, 7) is 1.92. The number of hydrogen-bond acceptors (Lipinski definition) is 3. The van der Waals surface area contributed by atoms with Crippen LogP contribution in [0.25, 0.3) is 27.5 Å². The normalized spacial score (nSPS) is 9.68. The van der Waals surface area contributed by atoms with E-state index in [1.54, 1.807) is 12.6 Å². The molecule has 0 saturated heterocycles. The zero-order valence-electron chi connectivity index (χ0n) is 12.1. The van der Waals surface area contributed by atoms with Crippen LogP contribution in [-0.4, -0.2) is 15.9 Å². The molecule has 0 spiro atoms. The van der Waals surface area contributed by atoms with E-state index in [9.17, 15) is 4.79 Å². The second-order valence-corrected chi connectivity index (χ2v) is 5.23. The molecular formula is C15H13N3OSY2-2. The maximum atomic E-state index is 11.5. The quantitative estimate of drug-likeness (QED) is 0.585. The van der Waals surface area contributed by atoms with E-state index in [0.29, 0.717) is 6.42 Å². The molecule has 0 bridgehead atoms. The van der Waals surface area contributed by atoms with Gasteiger partial charge < -0.3 is 21.5 Å². The second kappa shape index (κ2) is 9.29. The van der Waals surface area contributed by atoms with E-state index < -0.39 is 0 Å². The number of nitrogens with zero attached hydrogens (tertiary/aromatic N) is 2. The van der Waals surface area contributed by atoms with E-state index in [-0.39, 0.29) is 71.3 Å². The Bertz CT molecular complexity index is 754. The van der Waals surface area contributed by atoms with Gasteiger partial charge in [0.05, 0.1) is 0 Å². The molecule has 0 fully saturated rings. The van der Waals surface area contributed by atoms with Crippen molar-refractivity contribution in [3.63, 3.8) is 0 Å². The Morgan fingerprint density at radius 1 is 1.45 bits per heavy atom. The minimum absolute atomic E-state index is 0. The van der Waals surface area contributed by atoms with Crippen molar-refractivity contribution >= 4 is 33.3 Å². The van der Waals surface area contributed by atoms with E-state index in [4.69, 9.17) is 0 Å². The van der Waals surface area contributed by atoms with Crippen molar-refractivity contribution < 1.29 is 70.2 Å². The Morgan fingerprint density at radius 2 is 2.27 bits per heavy atom. The van der Waals surface area contributed by atoms with E-state index >= 15 is 0 Å². The molecule has 3 aromatic heterocycles. The van der Waals surface area contributed by atoms with Crippen molar-refractivity contribution in [2.75, 3.05) is 0 Å². The Kier molecular flexibility index (Phi) is 8.44. The Labute approximate surface area is 183 Å². The number of fused-ring (bicyclic) bond motifs is 1. The van der Waals surface area contributed by atoms with Crippen LogP contribution in [0.3, 0.4) is 0 Å². The predicted molar refractivity (Wildman–Crippen MR) is 82.0 cm³/mol. The molecule has 7 heteroatoms. The van der Waals surface area contributed by atoms with Crippen LogP contribution < -0.4 is 0 Å². The number of rotatable bonds is 4. The zero-order valence-corrected chi connectivity index (χ0v) is 18.6. The summed E-state index contributed by atoms with van der Waals surface area (Å²) < 4.78 is 0. The SMILES string of the molecule is CC[CH-]C(=O)[N-]c1cc(-c2c[nH]c3ncccc23)cs1.[Y].[Y]. The summed E-state index contributed by atoms with van der Waals surface area (Å²) >= 11 is 1.47. The van der Waals surface area contributed by atoms with Crippen LogP contribution in [0.1, 0.15) is 13.3 Å². The van der Waals surface area contributed by atoms with Crippen LogP contribution in [0, 0.1) is 6.42 Å². The largest absolute Gasteiger partial charge is 0.645 e. The molecule has 2 radical (unpaired) electrons. The van der Waals surface area contributed by atoms with Crippen LogP contribution >= 0.6 is 11.3 Å². The van der Waals surface area contributed by atoms with Crippen LogP contribution in [0.15, 0.2) is 36.0 Å². The summed E-state index contributed by atoms with van der Waals surface area (Å²) in [7, 11) is 0. The Morgan fingerprint density at radius 3 is 3.05 bits per heavy atom. The van der Waals surface area contributed by atoms with Gasteiger partial charge in [-0.3, -0.25) is 0 Å². The van der Waals surface area contributed by atoms with Gasteiger partial charge in [0.15, 0.2) is 0 Å². The molecule has 3 heterocycles. The molecule has 4 nitrogen and oxygen atoms in total. The van der Waals surface area contributed by atoms with Gasteiger partial charge >= 0.3 is 0 Å². The van der Waals surface area contributed by atoms with Gasteiger partial charge in [0.25, 0.3) is 0 Å². The number of thiophene rings is 1. The number of pyridine rings is 1. The standard InChI is InChI=1S/C15H14N3OS.2Y/c1-2-4-13(19)18-14-7-10(9-20-14)12-8-17-15-11(12)5-3-6-16-15;;/h3-9H,2H2,1H3,(H2,16,17,18,19);;/q-1;;/p-1. The molecule has 0 saturated carbocycles. The maximum absolute atomic E-state index is 11.5. The Hall–Kier alpha value is -0.0622. The molecule has 3 aromatic rings. The fraction of sp³-hybridized carbons (Fsp3) is 0.133. The number of carbonyl (C=O) groups excluding carboxylic acids is 1. The number of H-pyrrole nitrogens is 1. The van der Waals surface area contributed by atoms with Gasteiger partial charge in [-0.05, 0) is 23.1 Å².